The highest BCUT2D eigenvalue weighted by Gasteiger charge is 2.41. The molecule has 0 amide bonds. The lowest BCUT2D eigenvalue weighted by Gasteiger charge is -2.21. The van der Waals surface area contributed by atoms with Crippen molar-refractivity contribution in [2.24, 2.45) is 5.92 Å². The summed E-state index contributed by atoms with van der Waals surface area (Å²) in [5, 5.41) is 36.9. The third-order valence-corrected chi connectivity index (χ3v) is 6.99. The Morgan fingerprint density at radius 1 is 1.14 bits per heavy atom. The maximum atomic E-state index is 12.3. The van der Waals surface area contributed by atoms with Gasteiger partial charge in [-0.25, -0.2) is 9.97 Å². The molecule has 3 heterocycles. The van der Waals surface area contributed by atoms with E-state index in [1.807, 2.05) is 13.0 Å². The summed E-state index contributed by atoms with van der Waals surface area (Å²) in [4.78, 5) is 18.0. The first kappa shape index (κ1) is 26.4. The zero-order valence-corrected chi connectivity index (χ0v) is 20.4. The second kappa shape index (κ2) is 10.8. The lowest BCUT2D eigenvalue weighted by molar-refractivity contribution is -0.172. The number of alkyl halides is 3. The van der Waals surface area contributed by atoms with Crippen molar-refractivity contribution < 1.29 is 33.2 Å². The zero-order valence-electron chi connectivity index (χ0n) is 19.6. The van der Waals surface area contributed by atoms with Gasteiger partial charge in [0.2, 0.25) is 5.95 Å². The number of rotatable bonds is 9. The van der Waals surface area contributed by atoms with Crippen LogP contribution in [-0.4, -0.2) is 86.0 Å². The number of hydrogen-bond donors (Lipinski definition) is 5. The van der Waals surface area contributed by atoms with Gasteiger partial charge in [-0.2, -0.15) is 18.2 Å². The van der Waals surface area contributed by atoms with E-state index < -0.39 is 37.0 Å². The lowest BCUT2D eigenvalue weighted by Crippen LogP contribution is -2.35. The Hall–Kier alpha value is -2.65. The minimum Gasteiger partial charge on any atom is -0.396 e. The number of aromatic nitrogens is 4. The first-order valence-electron chi connectivity index (χ1n) is 11.3. The molecule has 3 aromatic rings. The number of hydrogen-bond acceptors (Lipinski definition) is 11. The summed E-state index contributed by atoms with van der Waals surface area (Å²) in [6.07, 6.45) is -4.65. The van der Waals surface area contributed by atoms with Gasteiger partial charge in [-0.1, -0.05) is 0 Å². The Morgan fingerprint density at radius 2 is 1.92 bits per heavy atom. The molecular formula is C22H27F3N6O4S. The molecule has 0 aliphatic heterocycles. The third-order valence-electron chi connectivity index (χ3n) is 5.95. The molecule has 3 aromatic heterocycles. The molecule has 0 aromatic carbocycles. The predicted molar refractivity (Wildman–Crippen MR) is 128 cm³/mol. The highest BCUT2D eigenvalue weighted by Crippen LogP contribution is 2.38. The van der Waals surface area contributed by atoms with Crippen LogP contribution in [0.2, 0.25) is 0 Å². The van der Waals surface area contributed by atoms with E-state index in [4.69, 9.17) is 4.98 Å². The minimum atomic E-state index is -4.41. The average Bonchev–Trinajstić information content (AvgIpc) is 3.35. The molecule has 1 saturated carbocycles. The lowest BCUT2D eigenvalue weighted by atomic mass is 10.1. The van der Waals surface area contributed by atoms with Crippen LogP contribution in [0.3, 0.4) is 0 Å². The van der Waals surface area contributed by atoms with E-state index in [-0.39, 0.29) is 25.7 Å². The highest BCUT2D eigenvalue weighted by molar-refractivity contribution is 7.21. The van der Waals surface area contributed by atoms with Gasteiger partial charge >= 0.3 is 6.18 Å². The van der Waals surface area contributed by atoms with Crippen molar-refractivity contribution in [3.05, 3.63) is 23.7 Å². The first-order chi connectivity index (χ1) is 17.1. The van der Waals surface area contributed by atoms with E-state index in [9.17, 15) is 28.5 Å². The van der Waals surface area contributed by atoms with E-state index in [0.29, 0.717) is 28.5 Å². The largest absolute Gasteiger partial charge is 0.411 e. The van der Waals surface area contributed by atoms with Gasteiger partial charge in [0.15, 0.2) is 0 Å². The van der Waals surface area contributed by atoms with Crippen molar-refractivity contribution in [1.29, 1.82) is 0 Å². The van der Waals surface area contributed by atoms with E-state index in [0.717, 1.165) is 15.9 Å². The number of ether oxygens (including phenoxy) is 1. The van der Waals surface area contributed by atoms with Crippen LogP contribution in [-0.2, 0) is 4.74 Å². The van der Waals surface area contributed by atoms with Gasteiger partial charge in [0, 0.05) is 25.3 Å². The number of nitrogens with one attached hydrogen (secondary N) is 2. The van der Waals surface area contributed by atoms with Crippen molar-refractivity contribution in [3.8, 4) is 10.6 Å². The molecule has 0 radical (unpaired) electrons. The molecule has 0 unspecified atom stereocenters. The minimum absolute atomic E-state index is 0.0393. The third kappa shape index (κ3) is 5.83. The van der Waals surface area contributed by atoms with E-state index in [1.165, 1.54) is 11.3 Å². The number of anilines is 2. The van der Waals surface area contributed by atoms with E-state index in [1.54, 1.807) is 13.1 Å². The van der Waals surface area contributed by atoms with E-state index in [2.05, 4.69) is 30.3 Å². The van der Waals surface area contributed by atoms with Crippen molar-refractivity contribution in [2.45, 2.75) is 44.7 Å². The molecule has 1 aliphatic rings. The van der Waals surface area contributed by atoms with Gasteiger partial charge in [-0.3, -0.25) is 4.98 Å². The average molecular weight is 529 g/mol. The molecule has 14 heteroatoms. The van der Waals surface area contributed by atoms with Crippen LogP contribution in [0.25, 0.3) is 20.8 Å². The Bertz CT molecular complexity index is 1210. The summed E-state index contributed by atoms with van der Waals surface area (Å²) < 4.78 is 42.4. The Kier molecular flexibility index (Phi) is 7.90. The number of halogens is 3. The van der Waals surface area contributed by atoms with E-state index >= 15 is 0 Å². The number of nitrogens with zero attached hydrogens (tertiary/aromatic N) is 4. The molecule has 196 valence electrons. The Morgan fingerprint density at radius 3 is 2.58 bits per heavy atom. The predicted octanol–water partition coefficient (Wildman–Crippen LogP) is 2.27. The van der Waals surface area contributed by atoms with Gasteiger partial charge in [0.25, 0.3) is 0 Å². The molecule has 4 atom stereocenters. The monoisotopic (exact) mass is 528 g/mol. The maximum Gasteiger partial charge on any atom is 0.411 e. The van der Waals surface area contributed by atoms with Crippen LogP contribution in [0.5, 0.6) is 0 Å². The molecule has 1 fully saturated rings. The summed E-state index contributed by atoms with van der Waals surface area (Å²) in [7, 11) is 0. The topological polar surface area (TPSA) is 146 Å². The van der Waals surface area contributed by atoms with Gasteiger partial charge in [-0.15, -0.1) is 11.3 Å². The van der Waals surface area contributed by atoms with Crippen LogP contribution in [0.4, 0.5) is 24.9 Å². The molecule has 5 N–H and O–H groups in total. The van der Waals surface area contributed by atoms with Crippen LogP contribution in [0, 0.1) is 19.8 Å². The standard InChI is InChI=1S/C22H27F3N6O4S/c1-10-15(20-30-16-11(2)26-4-3-14(16)36-20)19(29-13-7-12(8-32)17(33)18(13)34)31-21(28-10)27-5-6-35-9-22(23,24)25/h3-4,12-13,17-18,32-34H,5-9H2,1-2H3,(H2,27,28,29,31)/t12-,13-,17-,18+/m1/s1. The smallest absolute Gasteiger partial charge is 0.396 e. The summed E-state index contributed by atoms with van der Waals surface area (Å²) in [6.45, 7) is 1.82. The van der Waals surface area contributed by atoms with Crippen LogP contribution < -0.4 is 10.6 Å². The fourth-order valence-corrected chi connectivity index (χ4v) is 5.26. The Balaban J connectivity index is 1.63. The number of aliphatic hydroxyl groups excluding tert-OH is 3. The van der Waals surface area contributed by atoms with Gasteiger partial charge < -0.3 is 30.7 Å². The maximum absolute atomic E-state index is 12.3. The number of fused-ring (bicyclic) bond motifs is 1. The van der Waals surface area contributed by atoms with Crippen molar-refractivity contribution in [3.63, 3.8) is 0 Å². The van der Waals surface area contributed by atoms with Gasteiger partial charge in [-0.05, 0) is 26.3 Å². The first-order valence-corrected chi connectivity index (χ1v) is 12.1. The fraction of sp³-hybridized carbons (Fsp3) is 0.545. The molecule has 0 spiro atoms. The molecule has 36 heavy (non-hydrogen) atoms. The number of aryl methyl sites for hydroxylation is 2. The number of pyridine rings is 1. The number of aliphatic hydroxyl groups is 3. The zero-order chi connectivity index (χ0) is 26.0. The van der Waals surface area contributed by atoms with Crippen LogP contribution >= 0.6 is 11.3 Å². The van der Waals surface area contributed by atoms with Crippen molar-refractivity contribution in [2.75, 3.05) is 37.0 Å². The highest BCUT2D eigenvalue weighted by atomic mass is 32.1. The summed E-state index contributed by atoms with van der Waals surface area (Å²) in [5.74, 6) is -0.00999. The quantitative estimate of drug-likeness (QED) is 0.262. The molecule has 4 rings (SSSR count). The summed E-state index contributed by atoms with van der Waals surface area (Å²) in [6, 6.07) is 1.25. The second-order valence-electron chi connectivity index (χ2n) is 8.62. The number of thiazole rings is 1. The molecule has 0 saturated heterocycles. The van der Waals surface area contributed by atoms with Crippen LogP contribution in [0.1, 0.15) is 17.8 Å². The molecule has 0 bridgehead atoms. The fourth-order valence-electron chi connectivity index (χ4n) is 4.15. The second-order valence-corrected chi connectivity index (χ2v) is 9.65. The molecule has 1 aliphatic carbocycles. The van der Waals surface area contributed by atoms with Gasteiger partial charge in [0.1, 0.15) is 29.1 Å². The van der Waals surface area contributed by atoms with Gasteiger partial charge in [0.05, 0.1) is 40.4 Å². The van der Waals surface area contributed by atoms with Crippen LogP contribution in [0.15, 0.2) is 12.3 Å². The normalized spacial score (nSPS) is 22.3. The molecular weight excluding hydrogens is 501 g/mol. The Labute approximate surface area is 208 Å². The van der Waals surface area contributed by atoms with Crippen molar-refractivity contribution in [1.82, 2.24) is 19.9 Å². The summed E-state index contributed by atoms with van der Waals surface area (Å²) >= 11 is 1.42. The SMILES string of the molecule is Cc1nc(NCCOCC(F)(F)F)nc(N[C@@H]2C[C@H](CO)[C@@H](O)[C@H]2O)c1-c1nc2c(C)nccc2s1. The molecule has 10 nitrogen and oxygen atoms in total. The summed E-state index contributed by atoms with van der Waals surface area (Å²) in [5.41, 5.74) is 2.63. The van der Waals surface area contributed by atoms with Crippen molar-refractivity contribution >= 4 is 33.3 Å².